The molecule has 0 bridgehead atoms. The Morgan fingerprint density at radius 2 is 2.14 bits per heavy atom. The first kappa shape index (κ1) is 15.8. The molecule has 0 aliphatic heterocycles. The molecular weight excluding hydrogens is 286 g/mol. The van der Waals surface area contributed by atoms with Crippen LogP contribution in [0.1, 0.15) is 47.5 Å². The summed E-state index contributed by atoms with van der Waals surface area (Å²) in [6.45, 7) is 10.4. The van der Waals surface area contributed by atoms with Crippen molar-refractivity contribution in [1.82, 2.24) is 4.98 Å². The summed E-state index contributed by atoms with van der Waals surface area (Å²) in [5.74, 6) is 0.707. The van der Waals surface area contributed by atoms with E-state index in [1.165, 1.54) is 10.4 Å². The van der Waals surface area contributed by atoms with Crippen LogP contribution in [0.15, 0.2) is 10.5 Å². The molecule has 2 aromatic heterocycles. The highest BCUT2D eigenvalue weighted by Crippen LogP contribution is 2.32. The molecule has 114 valence electrons. The summed E-state index contributed by atoms with van der Waals surface area (Å²) in [6.07, 6.45) is 0.695. The first-order chi connectivity index (χ1) is 9.92. The van der Waals surface area contributed by atoms with Crippen LogP contribution >= 0.6 is 11.3 Å². The van der Waals surface area contributed by atoms with Crippen molar-refractivity contribution < 1.29 is 13.9 Å². The number of hydrogen-bond acceptors (Lipinski definition) is 5. The Labute approximate surface area is 129 Å². The number of carbonyl (C=O) groups is 1. The molecule has 0 aliphatic rings. The van der Waals surface area contributed by atoms with Crippen molar-refractivity contribution in [3.63, 3.8) is 0 Å². The smallest absolute Gasteiger partial charge is 0.376 e. The summed E-state index contributed by atoms with van der Waals surface area (Å²) < 4.78 is 10.8. The Morgan fingerprint density at radius 1 is 1.43 bits per heavy atom. The number of rotatable bonds is 5. The zero-order valence-corrected chi connectivity index (χ0v) is 14.0. The van der Waals surface area contributed by atoms with Gasteiger partial charge in [0.25, 0.3) is 0 Å². The third kappa shape index (κ3) is 3.53. The number of esters is 1. The molecule has 2 aromatic rings. The van der Waals surface area contributed by atoms with Crippen LogP contribution in [-0.4, -0.2) is 17.6 Å². The van der Waals surface area contributed by atoms with Crippen LogP contribution in [0, 0.1) is 19.8 Å². The van der Waals surface area contributed by atoms with Crippen molar-refractivity contribution in [2.24, 2.45) is 5.92 Å². The molecule has 0 radical (unpaired) electrons. The highest BCUT2D eigenvalue weighted by molar-refractivity contribution is 7.15. The Morgan fingerprint density at radius 3 is 2.67 bits per heavy atom. The summed E-state index contributed by atoms with van der Waals surface area (Å²) in [4.78, 5) is 18.7. The van der Waals surface area contributed by atoms with Gasteiger partial charge >= 0.3 is 5.97 Å². The molecule has 0 aliphatic carbocycles. The zero-order valence-electron chi connectivity index (χ0n) is 13.1. The van der Waals surface area contributed by atoms with Crippen LogP contribution in [0.5, 0.6) is 0 Å². The second kappa shape index (κ2) is 6.43. The number of nitrogens with zero attached hydrogens (tertiary/aromatic N) is 1. The summed E-state index contributed by atoms with van der Waals surface area (Å²) in [7, 11) is 0. The first-order valence-corrected chi connectivity index (χ1v) is 7.98. The lowest BCUT2D eigenvalue weighted by Crippen LogP contribution is -2.08. The Balaban J connectivity index is 2.41. The molecule has 0 atom stereocenters. The van der Waals surface area contributed by atoms with Gasteiger partial charge < -0.3 is 9.15 Å². The maximum absolute atomic E-state index is 12.0. The van der Waals surface area contributed by atoms with E-state index in [9.17, 15) is 4.79 Å². The van der Waals surface area contributed by atoms with E-state index in [1.54, 1.807) is 18.3 Å². The largest absolute Gasteiger partial charge is 0.460 e. The van der Waals surface area contributed by atoms with Crippen LogP contribution in [0.25, 0.3) is 10.8 Å². The van der Waals surface area contributed by atoms with Gasteiger partial charge in [-0.05, 0) is 44.7 Å². The van der Waals surface area contributed by atoms with Gasteiger partial charge in [-0.15, -0.1) is 11.3 Å². The van der Waals surface area contributed by atoms with Gasteiger partial charge in [0.1, 0.15) is 0 Å². The predicted molar refractivity (Wildman–Crippen MR) is 83.8 cm³/mol. The third-order valence-corrected chi connectivity index (χ3v) is 4.28. The van der Waals surface area contributed by atoms with Crippen molar-refractivity contribution in [1.29, 1.82) is 0 Å². The SMILES string of the molecule is CCOC(=O)c1oc(-c2cc(C)c(C)s2)nc1CC(C)C. The van der Waals surface area contributed by atoms with Crippen LogP contribution in [-0.2, 0) is 11.2 Å². The summed E-state index contributed by atoms with van der Waals surface area (Å²) in [6, 6.07) is 2.04. The van der Waals surface area contributed by atoms with E-state index in [0.29, 0.717) is 30.5 Å². The molecule has 0 aromatic carbocycles. The minimum atomic E-state index is -0.433. The van der Waals surface area contributed by atoms with Crippen molar-refractivity contribution in [2.45, 2.75) is 41.0 Å². The Bertz CT molecular complexity index is 620. The quantitative estimate of drug-likeness (QED) is 0.768. The standard InChI is InChI=1S/C16H21NO3S/c1-6-19-16(18)14-12(7-9(2)3)17-15(20-14)13-8-10(4)11(5)21-13/h8-9H,6-7H2,1-5H3. The van der Waals surface area contributed by atoms with E-state index < -0.39 is 5.97 Å². The molecule has 0 fully saturated rings. The van der Waals surface area contributed by atoms with Gasteiger partial charge in [0.05, 0.1) is 17.2 Å². The molecule has 0 saturated heterocycles. The average Bonchev–Trinajstić information content (AvgIpc) is 2.94. The van der Waals surface area contributed by atoms with Gasteiger partial charge in [-0.2, -0.15) is 0 Å². The van der Waals surface area contributed by atoms with E-state index in [2.05, 4.69) is 32.7 Å². The monoisotopic (exact) mass is 307 g/mol. The average molecular weight is 307 g/mol. The lowest BCUT2D eigenvalue weighted by Gasteiger charge is -2.02. The summed E-state index contributed by atoms with van der Waals surface area (Å²) >= 11 is 1.63. The number of thiophene rings is 1. The van der Waals surface area contributed by atoms with Gasteiger partial charge in [0.15, 0.2) is 0 Å². The molecule has 0 unspecified atom stereocenters. The molecule has 21 heavy (non-hydrogen) atoms. The second-order valence-electron chi connectivity index (χ2n) is 5.46. The van der Waals surface area contributed by atoms with Crippen LogP contribution in [0.4, 0.5) is 0 Å². The van der Waals surface area contributed by atoms with Crippen molar-refractivity contribution >= 4 is 17.3 Å². The number of aromatic nitrogens is 1. The summed E-state index contributed by atoms with van der Waals surface area (Å²) in [5, 5.41) is 0. The summed E-state index contributed by atoms with van der Waals surface area (Å²) in [5.41, 5.74) is 1.89. The fourth-order valence-corrected chi connectivity index (χ4v) is 2.98. The maximum atomic E-state index is 12.0. The molecule has 0 amide bonds. The van der Waals surface area contributed by atoms with Gasteiger partial charge in [0.2, 0.25) is 11.7 Å². The molecule has 2 heterocycles. The molecular formula is C16H21NO3S. The van der Waals surface area contributed by atoms with Crippen molar-refractivity contribution in [2.75, 3.05) is 6.61 Å². The second-order valence-corrected chi connectivity index (χ2v) is 6.72. The maximum Gasteiger partial charge on any atom is 0.376 e. The molecule has 0 saturated carbocycles. The highest BCUT2D eigenvalue weighted by atomic mass is 32.1. The molecule has 0 spiro atoms. The van der Waals surface area contributed by atoms with Crippen LogP contribution in [0.3, 0.4) is 0 Å². The van der Waals surface area contributed by atoms with E-state index >= 15 is 0 Å². The lowest BCUT2D eigenvalue weighted by molar-refractivity contribution is 0.0489. The van der Waals surface area contributed by atoms with Crippen LogP contribution < -0.4 is 0 Å². The van der Waals surface area contributed by atoms with Crippen LogP contribution in [0.2, 0.25) is 0 Å². The van der Waals surface area contributed by atoms with Gasteiger partial charge in [-0.25, -0.2) is 9.78 Å². The lowest BCUT2D eigenvalue weighted by atomic mass is 10.1. The Hall–Kier alpha value is -1.62. The first-order valence-electron chi connectivity index (χ1n) is 7.16. The predicted octanol–water partition coefficient (Wildman–Crippen LogP) is 4.40. The number of carbonyl (C=O) groups excluding carboxylic acids is 1. The van der Waals surface area contributed by atoms with Gasteiger partial charge in [-0.3, -0.25) is 0 Å². The molecule has 0 N–H and O–H groups in total. The van der Waals surface area contributed by atoms with Gasteiger partial charge in [0, 0.05) is 4.88 Å². The van der Waals surface area contributed by atoms with Crippen molar-refractivity contribution in [3.8, 4) is 10.8 Å². The Kier molecular flexibility index (Phi) is 4.83. The van der Waals surface area contributed by atoms with E-state index in [0.717, 1.165) is 4.88 Å². The minimum Gasteiger partial charge on any atom is -0.460 e. The fraction of sp³-hybridized carbons (Fsp3) is 0.500. The van der Waals surface area contributed by atoms with Crippen molar-refractivity contribution in [3.05, 3.63) is 28.0 Å². The van der Waals surface area contributed by atoms with E-state index in [4.69, 9.17) is 9.15 Å². The van der Waals surface area contributed by atoms with E-state index in [1.807, 2.05) is 6.07 Å². The number of aryl methyl sites for hydroxylation is 2. The molecule has 5 heteroatoms. The zero-order chi connectivity index (χ0) is 15.6. The topological polar surface area (TPSA) is 52.3 Å². The molecule has 4 nitrogen and oxygen atoms in total. The van der Waals surface area contributed by atoms with E-state index in [-0.39, 0.29) is 5.76 Å². The van der Waals surface area contributed by atoms with Gasteiger partial charge in [-0.1, -0.05) is 13.8 Å². The molecule has 2 rings (SSSR count). The highest BCUT2D eigenvalue weighted by Gasteiger charge is 2.23. The normalized spacial score (nSPS) is 11.1. The minimum absolute atomic E-state index is 0.240. The number of ether oxygens (including phenoxy) is 1. The third-order valence-electron chi connectivity index (χ3n) is 3.14. The number of oxazole rings is 1. The fourth-order valence-electron chi connectivity index (χ4n) is 2.02. The number of hydrogen-bond donors (Lipinski definition) is 0.